The van der Waals surface area contributed by atoms with Gasteiger partial charge >= 0.3 is 0 Å². The number of nitrogens with one attached hydrogen (secondary N) is 3. The van der Waals surface area contributed by atoms with E-state index in [9.17, 15) is 13.2 Å². The Hall–Kier alpha value is -2.98. The number of carbonyl (C=O) groups excluding carboxylic acids is 1. The number of H-pyrrole nitrogens is 1. The van der Waals surface area contributed by atoms with Crippen molar-refractivity contribution in [3.05, 3.63) is 70.8 Å². The smallest absolute Gasteiger partial charge is 0.261 e. The van der Waals surface area contributed by atoms with Crippen molar-refractivity contribution >= 4 is 33.8 Å². The summed E-state index contributed by atoms with van der Waals surface area (Å²) in [6.07, 6.45) is 0. The van der Waals surface area contributed by atoms with Gasteiger partial charge in [-0.25, -0.2) is 8.42 Å². The number of sulfonamides is 1. The Balaban J connectivity index is 1.65. The van der Waals surface area contributed by atoms with Crippen LogP contribution >= 0.6 is 12.2 Å². The van der Waals surface area contributed by atoms with E-state index in [0.717, 1.165) is 0 Å². The van der Waals surface area contributed by atoms with Crippen LogP contribution in [0.2, 0.25) is 0 Å². The summed E-state index contributed by atoms with van der Waals surface area (Å²) in [5.41, 5.74) is 0.770. The molecule has 0 aliphatic rings. The van der Waals surface area contributed by atoms with Gasteiger partial charge < -0.3 is 9.88 Å². The fourth-order valence-electron chi connectivity index (χ4n) is 2.58. The van der Waals surface area contributed by atoms with Gasteiger partial charge in [0.2, 0.25) is 0 Å². The Morgan fingerprint density at radius 3 is 2.46 bits per heavy atom. The minimum atomic E-state index is -3.67. The maximum Gasteiger partial charge on any atom is 0.261 e. The van der Waals surface area contributed by atoms with Gasteiger partial charge in [0.05, 0.1) is 11.4 Å². The van der Waals surface area contributed by atoms with E-state index in [0.29, 0.717) is 28.4 Å². The summed E-state index contributed by atoms with van der Waals surface area (Å²) in [5, 5.41) is 9.55. The molecule has 3 N–H and O–H groups in total. The van der Waals surface area contributed by atoms with E-state index >= 15 is 0 Å². The Labute approximate surface area is 167 Å². The third-order valence-electron chi connectivity index (χ3n) is 4.01. The minimum absolute atomic E-state index is 0.168. The number of hydrogen-bond donors (Lipinski definition) is 3. The molecule has 1 amide bonds. The summed E-state index contributed by atoms with van der Waals surface area (Å²) in [4.78, 5) is 12.5. The summed E-state index contributed by atoms with van der Waals surface area (Å²) in [6, 6.07) is 14.2. The molecule has 0 saturated carbocycles. The molecule has 3 aromatic rings. The molecule has 3 rings (SSSR count). The molecule has 28 heavy (non-hydrogen) atoms. The predicted octanol–water partition coefficient (Wildman–Crippen LogP) is 2.69. The van der Waals surface area contributed by atoms with Crippen molar-refractivity contribution < 1.29 is 13.2 Å². The fraction of sp³-hybridized carbons (Fsp3) is 0.167. The highest BCUT2D eigenvalue weighted by Gasteiger charge is 2.14. The number of nitrogens with zero attached hydrogens (tertiary/aromatic N) is 2. The molecular weight excluding hydrogens is 398 g/mol. The van der Waals surface area contributed by atoms with Crippen LogP contribution in [0.3, 0.4) is 0 Å². The molecule has 0 unspecified atom stereocenters. The zero-order chi connectivity index (χ0) is 20.1. The Morgan fingerprint density at radius 2 is 1.82 bits per heavy atom. The van der Waals surface area contributed by atoms with Crippen LogP contribution in [0.5, 0.6) is 0 Å². The van der Waals surface area contributed by atoms with Gasteiger partial charge in [0.1, 0.15) is 0 Å². The first-order valence-corrected chi connectivity index (χ1v) is 10.4. The second kappa shape index (κ2) is 8.36. The number of aromatic nitrogens is 3. The Kier molecular flexibility index (Phi) is 5.90. The second-order valence-corrected chi connectivity index (χ2v) is 7.94. The summed E-state index contributed by atoms with van der Waals surface area (Å²) in [7, 11) is -3.67. The van der Waals surface area contributed by atoms with Gasteiger partial charge in [-0.1, -0.05) is 18.2 Å². The monoisotopic (exact) mass is 417 g/mol. The Morgan fingerprint density at radius 1 is 1.14 bits per heavy atom. The maximum atomic E-state index is 12.3. The third-order valence-corrected chi connectivity index (χ3v) is 5.72. The number of hydrogen-bond acceptors (Lipinski definition) is 5. The molecule has 8 nitrogen and oxygen atoms in total. The average molecular weight is 418 g/mol. The largest absolute Gasteiger partial charge is 0.345 e. The summed E-state index contributed by atoms with van der Waals surface area (Å²) < 4.78 is 29.4. The van der Waals surface area contributed by atoms with E-state index in [4.69, 9.17) is 12.2 Å². The van der Waals surface area contributed by atoms with E-state index in [1.807, 2.05) is 6.92 Å². The van der Waals surface area contributed by atoms with Gasteiger partial charge in [-0.15, -0.1) is 0 Å². The molecule has 10 heteroatoms. The topological polar surface area (TPSA) is 109 Å². The normalized spacial score (nSPS) is 11.2. The molecule has 0 aliphatic carbocycles. The standard InChI is InChI=1S/C18H19N5O3S2/c1-2-23-16(20-21-18(23)27)12-19-17(24)13-8-10-14(11-9-13)22-28(25,26)15-6-4-3-5-7-15/h3-11,22H,2,12H2,1H3,(H,19,24)(H,21,27). The summed E-state index contributed by atoms with van der Waals surface area (Å²) in [6.45, 7) is 2.81. The number of carbonyl (C=O) groups is 1. The maximum absolute atomic E-state index is 12.3. The van der Waals surface area contributed by atoms with Gasteiger partial charge in [-0.3, -0.25) is 14.6 Å². The van der Waals surface area contributed by atoms with Crippen molar-refractivity contribution in [2.75, 3.05) is 4.72 Å². The van der Waals surface area contributed by atoms with Crippen LogP contribution in [0.4, 0.5) is 5.69 Å². The molecule has 0 radical (unpaired) electrons. The van der Waals surface area contributed by atoms with Crippen molar-refractivity contribution in [1.29, 1.82) is 0 Å². The number of rotatable bonds is 7. The van der Waals surface area contributed by atoms with Crippen LogP contribution in [0.1, 0.15) is 23.1 Å². The quantitative estimate of drug-likeness (QED) is 0.512. The van der Waals surface area contributed by atoms with E-state index in [2.05, 4.69) is 20.2 Å². The SMILES string of the molecule is CCn1c(CNC(=O)c2ccc(NS(=O)(=O)c3ccccc3)cc2)n[nH]c1=S. The van der Waals surface area contributed by atoms with Crippen molar-refractivity contribution in [3.63, 3.8) is 0 Å². The van der Waals surface area contributed by atoms with Gasteiger partial charge in [0.25, 0.3) is 15.9 Å². The molecule has 1 aromatic heterocycles. The molecule has 2 aromatic carbocycles. The lowest BCUT2D eigenvalue weighted by Crippen LogP contribution is -2.24. The molecule has 0 saturated heterocycles. The lowest BCUT2D eigenvalue weighted by molar-refractivity contribution is 0.0949. The van der Waals surface area contributed by atoms with E-state index < -0.39 is 10.0 Å². The van der Waals surface area contributed by atoms with Crippen molar-refractivity contribution in [2.45, 2.75) is 24.9 Å². The first kappa shape index (κ1) is 19.8. The molecule has 1 heterocycles. The highest BCUT2D eigenvalue weighted by atomic mass is 32.2. The molecular formula is C18H19N5O3S2. The lowest BCUT2D eigenvalue weighted by atomic mass is 10.2. The lowest BCUT2D eigenvalue weighted by Gasteiger charge is -2.09. The van der Waals surface area contributed by atoms with Crippen LogP contribution in [0, 0.1) is 4.77 Å². The summed E-state index contributed by atoms with van der Waals surface area (Å²) in [5.74, 6) is 0.335. The predicted molar refractivity (Wildman–Crippen MR) is 108 cm³/mol. The third kappa shape index (κ3) is 4.46. The van der Waals surface area contributed by atoms with E-state index in [-0.39, 0.29) is 17.3 Å². The first-order chi connectivity index (χ1) is 13.4. The average Bonchev–Trinajstić information content (AvgIpc) is 3.06. The zero-order valence-corrected chi connectivity index (χ0v) is 16.7. The van der Waals surface area contributed by atoms with Crippen LogP contribution < -0.4 is 10.0 Å². The first-order valence-electron chi connectivity index (χ1n) is 8.51. The van der Waals surface area contributed by atoms with Crippen LogP contribution in [0.25, 0.3) is 0 Å². The van der Waals surface area contributed by atoms with Gasteiger partial charge in [-0.05, 0) is 55.5 Å². The molecule has 0 fully saturated rings. The molecule has 146 valence electrons. The van der Waals surface area contributed by atoms with Gasteiger partial charge in [-0.2, -0.15) is 5.10 Å². The number of amides is 1. The highest BCUT2D eigenvalue weighted by molar-refractivity contribution is 7.92. The summed E-state index contributed by atoms with van der Waals surface area (Å²) >= 11 is 5.11. The zero-order valence-electron chi connectivity index (χ0n) is 15.0. The van der Waals surface area contributed by atoms with Crippen LogP contribution in [-0.2, 0) is 23.1 Å². The second-order valence-electron chi connectivity index (χ2n) is 5.87. The van der Waals surface area contributed by atoms with Gasteiger partial charge in [0, 0.05) is 17.8 Å². The molecule has 0 atom stereocenters. The number of aromatic amines is 1. The van der Waals surface area contributed by atoms with E-state index in [1.54, 1.807) is 34.9 Å². The van der Waals surface area contributed by atoms with Crippen LogP contribution in [0.15, 0.2) is 59.5 Å². The molecule has 0 bridgehead atoms. The van der Waals surface area contributed by atoms with E-state index in [1.165, 1.54) is 24.3 Å². The molecule has 0 spiro atoms. The van der Waals surface area contributed by atoms with Crippen molar-refractivity contribution in [3.8, 4) is 0 Å². The Bertz CT molecular complexity index is 1120. The van der Waals surface area contributed by atoms with Crippen LogP contribution in [-0.4, -0.2) is 29.1 Å². The number of benzene rings is 2. The minimum Gasteiger partial charge on any atom is -0.345 e. The van der Waals surface area contributed by atoms with Gasteiger partial charge in [0.15, 0.2) is 10.6 Å². The molecule has 0 aliphatic heterocycles. The van der Waals surface area contributed by atoms with Crippen molar-refractivity contribution in [1.82, 2.24) is 20.1 Å². The highest BCUT2D eigenvalue weighted by Crippen LogP contribution is 2.16. The number of anilines is 1. The van der Waals surface area contributed by atoms with Crippen molar-refractivity contribution in [2.24, 2.45) is 0 Å². The fourth-order valence-corrected chi connectivity index (χ4v) is 3.94.